The maximum atomic E-state index is 12.7. The number of nitrogens with one attached hydrogen (secondary N) is 3. The Hall–Kier alpha value is -3.58. The molecule has 2 heterocycles. The number of benzene rings is 2. The lowest BCUT2D eigenvalue weighted by Crippen LogP contribution is -2.30. The van der Waals surface area contributed by atoms with Gasteiger partial charge < -0.3 is 10.2 Å². The summed E-state index contributed by atoms with van der Waals surface area (Å²) in [6, 6.07) is 18.9. The van der Waals surface area contributed by atoms with Gasteiger partial charge in [0.15, 0.2) is 5.82 Å². The smallest absolute Gasteiger partial charge is 0.245 e. The third kappa shape index (κ3) is 4.47. The summed E-state index contributed by atoms with van der Waals surface area (Å²) in [4.78, 5) is 14.6. The van der Waals surface area contributed by atoms with Gasteiger partial charge in [-0.2, -0.15) is 10.2 Å². The minimum Gasteiger partial charge on any atom is -0.317 e. The number of hydrogen-bond acceptors (Lipinski definition) is 4. The second-order valence-corrected chi connectivity index (χ2v) is 7.03. The standard InChI is InChI=1S/C21H19ClN6O/c1-14-3-2-4-17(11-14)28(20-9-10-23-27-20)13-21(29)24-19-12-18(25-26-19)15-5-7-16(22)8-6-15/h2-12H,13H2,1H3,(H,23,27)(H2,24,25,26,29). The number of halogens is 1. The van der Waals surface area contributed by atoms with E-state index in [9.17, 15) is 4.79 Å². The van der Waals surface area contributed by atoms with E-state index >= 15 is 0 Å². The molecule has 0 bridgehead atoms. The summed E-state index contributed by atoms with van der Waals surface area (Å²) >= 11 is 5.93. The van der Waals surface area contributed by atoms with E-state index in [1.54, 1.807) is 24.4 Å². The van der Waals surface area contributed by atoms with Crippen molar-refractivity contribution in [2.45, 2.75) is 6.92 Å². The summed E-state index contributed by atoms with van der Waals surface area (Å²) in [5.74, 6) is 0.985. The zero-order valence-electron chi connectivity index (χ0n) is 15.7. The highest BCUT2D eigenvalue weighted by atomic mass is 35.5. The number of aryl methyl sites for hydroxylation is 1. The average molecular weight is 407 g/mol. The molecule has 0 spiro atoms. The zero-order valence-corrected chi connectivity index (χ0v) is 16.4. The first-order valence-electron chi connectivity index (χ1n) is 9.03. The van der Waals surface area contributed by atoms with Crippen molar-refractivity contribution < 1.29 is 4.79 Å². The van der Waals surface area contributed by atoms with Gasteiger partial charge in [-0.25, -0.2) is 0 Å². The summed E-state index contributed by atoms with van der Waals surface area (Å²) in [5, 5.41) is 17.5. The maximum Gasteiger partial charge on any atom is 0.245 e. The summed E-state index contributed by atoms with van der Waals surface area (Å²) in [6.45, 7) is 2.12. The third-order valence-electron chi connectivity index (χ3n) is 4.39. The minimum atomic E-state index is -0.199. The number of carbonyl (C=O) groups excluding carboxylic acids is 1. The van der Waals surface area contributed by atoms with Crippen molar-refractivity contribution in [1.29, 1.82) is 0 Å². The van der Waals surface area contributed by atoms with E-state index in [0.717, 1.165) is 28.3 Å². The van der Waals surface area contributed by atoms with Gasteiger partial charge in [-0.1, -0.05) is 35.9 Å². The van der Waals surface area contributed by atoms with E-state index in [-0.39, 0.29) is 12.5 Å². The van der Waals surface area contributed by atoms with Gasteiger partial charge in [0.25, 0.3) is 0 Å². The van der Waals surface area contributed by atoms with E-state index in [1.807, 2.05) is 54.3 Å². The number of amides is 1. The van der Waals surface area contributed by atoms with Crippen LogP contribution in [-0.4, -0.2) is 32.8 Å². The Morgan fingerprint density at radius 1 is 1.10 bits per heavy atom. The van der Waals surface area contributed by atoms with Gasteiger partial charge in [0, 0.05) is 22.8 Å². The molecule has 4 rings (SSSR count). The van der Waals surface area contributed by atoms with Crippen LogP contribution in [-0.2, 0) is 4.79 Å². The summed E-state index contributed by atoms with van der Waals surface area (Å²) in [7, 11) is 0. The van der Waals surface area contributed by atoms with Crippen LogP contribution < -0.4 is 10.2 Å². The molecule has 0 aliphatic rings. The first-order valence-corrected chi connectivity index (χ1v) is 9.41. The van der Waals surface area contributed by atoms with Crippen LogP contribution in [0.1, 0.15) is 5.56 Å². The van der Waals surface area contributed by atoms with Gasteiger partial charge in [0.1, 0.15) is 12.4 Å². The highest BCUT2D eigenvalue weighted by molar-refractivity contribution is 6.30. The number of nitrogens with zero attached hydrogens (tertiary/aromatic N) is 3. The minimum absolute atomic E-state index is 0.106. The topological polar surface area (TPSA) is 89.7 Å². The molecule has 8 heteroatoms. The summed E-state index contributed by atoms with van der Waals surface area (Å²) in [5.41, 5.74) is 3.72. The Bertz CT molecular complexity index is 1100. The van der Waals surface area contributed by atoms with Gasteiger partial charge in [-0.15, -0.1) is 0 Å². The van der Waals surface area contributed by atoms with Crippen molar-refractivity contribution in [3.05, 3.63) is 77.4 Å². The number of anilines is 3. The molecule has 0 saturated carbocycles. The number of aromatic nitrogens is 4. The highest BCUT2D eigenvalue weighted by Crippen LogP contribution is 2.25. The molecule has 0 atom stereocenters. The molecule has 29 heavy (non-hydrogen) atoms. The number of aromatic amines is 2. The molecule has 0 aliphatic carbocycles. The normalized spacial score (nSPS) is 10.7. The van der Waals surface area contributed by atoms with Crippen LogP contribution in [0, 0.1) is 6.92 Å². The Morgan fingerprint density at radius 2 is 1.93 bits per heavy atom. The van der Waals surface area contributed by atoms with Crippen LogP contribution in [0.25, 0.3) is 11.3 Å². The quantitative estimate of drug-likeness (QED) is 0.438. The number of H-pyrrole nitrogens is 2. The van der Waals surface area contributed by atoms with Gasteiger partial charge in [0.2, 0.25) is 5.91 Å². The Labute approximate surface area is 172 Å². The number of carbonyl (C=O) groups is 1. The molecule has 4 aromatic rings. The van der Waals surface area contributed by atoms with Crippen molar-refractivity contribution in [2.75, 3.05) is 16.8 Å². The average Bonchev–Trinajstić information content (AvgIpc) is 3.39. The second kappa shape index (κ2) is 8.20. The zero-order chi connectivity index (χ0) is 20.2. The van der Waals surface area contributed by atoms with Crippen molar-refractivity contribution in [1.82, 2.24) is 20.4 Å². The van der Waals surface area contributed by atoms with Crippen molar-refractivity contribution in [3.63, 3.8) is 0 Å². The van der Waals surface area contributed by atoms with Crippen LogP contribution in [0.15, 0.2) is 66.9 Å². The van der Waals surface area contributed by atoms with Crippen LogP contribution >= 0.6 is 11.6 Å². The predicted molar refractivity (Wildman–Crippen MR) is 114 cm³/mol. The van der Waals surface area contributed by atoms with Crippen molar-refractivity contribution in [3.8, 4) is 11.3 Å². The fourth-order valence-electron chi connectivity index (χ4n) is 3.00. The Balaban J connectivity index is 1.49. The fourth-order valence-corrected chi connectivity index (χ4v) is 3.13. The second-order valence-electron chi connectivity index (χ2n) is 6.59. The molecule has 1 amide bonds. The summed E-state index contributed by atoms with van der Waals surface area (Å²) in [6.07, 6.45) is 1.65. The Morgan fingerprint density at radius 3 is 2.66 bits per heavy atom. The van der Waals surface area contributed by atoms with E-state index in [4.69, 9.17) is 11.6 Å². The lowest BCUT2D eigenvalue weighted by Gasteiger charge is -2.22. The molecule has 2 aromatic heterocycles. The first-order chi connectivity index (χ1) is 14.1. The molecule has 0 fully saturated rings. The SMILES string of the molecule is Cc1cccc(N(CC(=O)Nc2cc(-c3ccc(Cl)cc3)[nH]n2)c2ccn[nH]2)c1. The molecular weight excluding hydrogens is 388 g/mol. The van der Waals surface area contributed by atoms with Gasteiger partial charge in [0.05, 0.1) is 11.9 Å². The van der Waals surface area contributed by atoms with E-state index in [0.29, 0.717) is 10.8 Å². The lowest BCUT2D eigenvalue weighted by atomic mass is 10.1. The molecular formula is C21H19ClN6O. The first kappa shape index (κ1) is 18.8. The van der Waals surface area contributed by atoms with Gasteiger partial charge >= 0.3 is 0 Å². The van der Waals surface area contributed by atoms with Gasteiger partial charge in [-0.3, -0.25) is 15.0 Å². The van der Waals surface area contributed by atoms with E-state index < -0.39 is 0 Å². The molecule has 0 radical (unpaired) electrons. The van der Waals surface area contributed by atoms with Crippen LogP contribution in [0.2, 0.25) is 5.02 Å². The highest BCUT2D eigenvalue weighted by Gasteiger charge is 2.16. The van der Waals surface area contributed by atoms with E-state index in [2.05, 4.69) is 25.7 Å². The van der Waals surface area contributed by atoms with Crippen molar-refractivity contribution in [2.24, 2.45) is 0 Å². The number of hydrogen-bond donors (Lipinski definition) is 3. The third-order valence-corrected chi connectivity index (χ3v) is 4.64. The van der Waals surface area contributed by atoms with Crippen LogP contribution in [0.5, 0.6) is 0 Å². The largest absolute Gasteiger partial charge is 0.317 e. The molecule has 0 aliphatic heterocycles. The molecule has 146 valence electrons. The monoisotopic (exact) mass is 406 g/mol. The predicted octanol–water partition coefficient (Wildman–Crippen LogP) is 4.54. The fraction of sp³-hybridized carbons (Fsp3) is 0.0952. The number of rotatable bonds is 6. The molecule has 3 N–H and O–H groups in total. The van der Waals surface area contributed by atoms with Crippen LogP contribution in [0.3, 0.4) is 0 Å². The summed E-state index contributed by atoms with van der Waals surface area (Å²) < 4.78 is 0. The van der Waals surface area contributed by atoms with Crippen LogP contribution in [0.4, 0.5) is 17.3 Å². The van der Waals surface area contributed by atoms with Crippen molar-refractivity contribution >= 4 is 34.8 Å². The molecule has 0 unspecified atom stereocenters. The van der Waals surface area contributed by atoms with E-state index in [1.165, 1.54) is 0 Å². The maximum absolute atomic E-state index is 12.7. The van der Waals surface area contributed by atoms with Gasteiger partial charge in [-0.05, 0) is 42.3 Å². The molecule has 7 nitrogen and oxygen atoms in total. The lowest BCUT2D eigenvalue weighted by molar-refractivity contribution is -0.114. The molecule has 2 aromatic carbocycles. The molecule has 0 saturated heterocycles. The Kier molecular flexibility index (Phi) is 5.31.